The molecule has 7 N–H and O–H groups in total. The highest BCUT2D eigenvalue weighted by Gasteiger charge is 2.38. The molecule has 0 fully saturated rings. The van der Waals surface area contributed by atoms with Crippen LogP contribution < -0.4 is 11.1 Å². The molecule has 0 saturated heterocycles. The van der Waals surface area contributed by atoms with Gasteiger partial charge in [0.15, 0.2) is 0 Å². The van der Waals surface area contributed by atoms with Crippen LogP contribution in [0.4, 0.5) is 13.2 Å². The Hall–Kier alpha value is -2.94. The zero-order valence-electron chi connectivity index (χ0n) is 38.0. The SMILES string of the molecule is CCCCCCCCCCCCCCCCN(CCCCCCCCCCCCCCCC)[C@H](CCC(=O)NC(CCCC(N)C(=O)O)C(=O)O)C(=O)O.O=C(O)C(F)(F)F. The Balaban J connectivity index is 0. The van der Waals surface area contributed by atoms with Crippen molar-refractivity contribution in [1.82, 2.24) is 10.2 Å². The molecule has 61 heavy (non-hydrogen) atoms. The lowest BCUT2D eigenvalue weighted by molar-refractivity contribution is -0.192. The molecule has 1 amide bonds. The number of amides is 1. The number of nitrogens with one attached hydrogen (secondary N) is 1. The Morgan fingerprint density at radius 2 is 0.820 bits per heavy atom. The first-order chi connectivity index (χ1) is 29.1. The lowest BCUT2D eigenvalue weighted by atomic mass is 10.0. The van der Waals surface area contributed by atoms with Gasteiger partial charge in [-0.1, -0.05) is 181 Å². The molecule has 0 aromatic rings. The highest BCUT2D eigenvalue weighted by Crippen LogP contribution is 2.18. The van der Waals surface area contributed by atoms with Crippen LogP contribution in [0.5, 0.6) is 0 Å². The monoisotopic (exact) mass is 882 g/mol. The van der Waals surface area contributed by atoms with E-state index in [1.165, 1.54) is 141 Å². The third-order valence-electron chi connectivity index (χ3n) is 11.2. The zero-order valence-corrected chi connectivity index (χ0v) is 38.0. The predicted molar refractivity (Wildman–Crippen MR) is 236 cm³/mol. The first kappa shape index (κ1) is 60.1. The van der Waals surface area contributed by atoms with Gasteiger partial charge < -0.3 is 31.5 Å². The molecule has 2 unspecified atom stereocenters. The lowest BCUT2D eigenvalue weighted by Crippen LogP contribution is -2.45. The van der Waals surface area contributed by atoms with E-state index in [0.717, 1.165) is 38.5 Å². The lowest BCUT2D eigenvalue weighted by Gasteiger charge is -2.29. The van der Waals surface area contributed by atoms with E-state index in [4.69, 9.17) is 20.7 Å². The van der Waals surface area contributed by atoms with Crippen molar-refractivity contribution >= 4 is 29.8 Å². The Morgan fingerprint density at radius 3 is 1.10 bits per heavy atom. The molecule has 3 atom stereocenters. The minimum Gasteiger partial charge on any atom is -0.480 e. The normalized spacial score (nSPS) is 13.0. The summed E-state index contributed by atoms with van der Waals surface area (Å²) in [6.07, 6.45) is 30.7. The van der Waals surface area contributed by atoms with Crippen molar-refractivity contribution in [2.75, 3.05) is 13.1 Å². The molecule has 0 rings (SSSR count). The highest BCUT2D eigenvalue weighted by molar-refractivity contribution is 5.84. The second-order valence-electron chi connectivity index (χ2n) is 16.8. The van der Waals surface area contributed by atoms with Gasteiger partial charge in [0, 0.05) is 6.42 Å². The van der Waals surface area contributed by atoms with Crippen molar-refractivity contribution in [2.45, 2.75) is 250 Å². The van der Waals surface area contributed by atoms with Gasteiger partial charge in [-0.05, 0) is 51.6 Å². The number of unbranched alkanes of at least 4 members (excludes halogenated alkanes) is 26. The summed E-state index contributed by atoms with van der Waals surface area (Å²) in [7, 11) is 0. The summed E-state index contributed by atoms with van der Waals surface area (Å²) >= 11 is 0. The molecule has 0 saturated carbocycles. The number of hydrogen-bond acceptors (Lipinski definition) is 7. The van der Waals surface area contributed by atoms with E-state index in [1.807, 2.05) is 4.90 Å². The van der Waals surface area contributed by atoms with Gasteiger partial charge >= 0.3 is 30.1 Å². The summed E-state index contributed by atoms with van der Waals surface area (Å²) in [6, 6.07) is -3.07. The van der Waals surface area contributed by atoms with Crippen molar-refractivity contribution in [2.24, 2.45) is 5.73 Å². The summed E-state index contributed by atoms with van der Waals surface area (Å²) in [4.78, 5) is 59.0. The number of carbonyl (C=O) groups excluding carboxylic acids is 1. The number of aliphatic carboxylic acids is 4. The molecular formula is C46H86F3N3O9. The van der Waals surface area contributed by atoms with Gasteiger partial charge in [0.05, 0.1) is 0 Å². The molecule has 0 aliphatic rings. The molecule has 0 aromatic heterocycles. The van der Waals surface area contributed by atoms with Gasteiger partial charge in [-0.15, -0.1) is 0 Å². The number of nitrogens with zero attached hydrogens (tertiary/aromatic N) is 1. The third kappa shape index (κ3) is 39.6. The van der Waals surface area contributed by atoms with Crippen molar-refractivity contribution in [3.63, 3.8) is 0 Å². The predicted octanol–water partition coefficient (Wildman–Crippen LogP) is 11.3. The Kier molecular flexibility index (Phi) is 40.5. The summed E-state index contributed by atoms with van der Waals surface area (Å²) in [5.74, 6) is -6.58. The average Bonchev–Trinajstić information content (AvgIpc) is 3.19. The van der Waals surface area contributed by atoms with Crippen LogP contribution in [-0.2, 0) is 24.0 Å². The van der Waals surface area contributed by atoms with Crippen LogP contribution in [0.1, 0.15) is 226 Å². The number of hydrogen-bond donors (Lipinski definition) is 6. The van der Waals surface area contributed by atoms with E-state index in [1.54, 1.807) is 0 Å². The summed E-state index contributed by atoms with van der Waals surface area (Å²) < 4.78 is 31.7. The topological polar surface area (TPSA) is 208 Å². The van der Waals surface area contributed by atoms with Crippen molar-refractivity contribution in [3.8, 4) is 0 Å². The highest BCUT2D eigenvalue weighted by atomic mass is 19.4. The molecular weight excluding hydrogens is 796 g/mol. The third-order valence-corrected chi connectivity index (χ3v) is 11.2. The standard InChI is InChI=1S/C44H85N3O7.C2HF3O2/c1-3-5-7-9-11-13-15-17-19-21-23-25-27-29-36-47(37-30-28-26-24-22-20-18-16-14-12-10-8-6-4-2)40(44(53)54)34-35-41(48)46-39(43(51)52)33-31-32-38(45)42(49)50;3-2(4,5)1(6)7/h38-40H,3-37,45H2,1-2H3,(H,46,48)(H,49,50)(H,51,52)(H,53,54);(H,6,7)/t38?,39?,40-;/m1./s1. The van der Waals surface area contributed by atoms with Gasteiger partial charge in [0.25, 0.3) is 0 Å². The minimum absolute atomic E-state index is 0.0504. The number of carbonyl (C=O) groups is 5. The summed E-state index contributed by atoms with van der Waals surface area (Å²) in [6.45, 7) is 5.87. The average molecular weight is 882 g/mol. The number of halogens is 3. The maximum atomic E-state index is 12.8. The van der Waals surface area contributed by atoms with Crippen LogP contribution in [0.25, 0.3) is 0 Å². The van der Waals surface area contributed by atoms with Gasteiger partial charge in [-0.3, -0.25) is 19.3 Å². The number of rotatable bonds is 42. The summed E-state index contributed by atoms with van der Waals surface area (Å²) in [5, 5.41) is 38.4. The molecule has 12 nitrogen and oxygen atoms in total. The first-order valence-electron chi connectivity index (χ1n) is 23.9. The first-order valence-corrected chi connectivity index (χ1v) is 23.9. The van der Waals surface area contributed by atoms with E-state index in [0.29, 0.717) is 13.1 Å². The van der Waals surface area contributed by atoms with E-state index in [2.05, 4.69) is 19.2 Å². The molecule has 0 spiro atoms. The van der Waals surface area contributed by atoms with Crippen LogP contribution in [0.3, 0.4) is 0 Å². The molecule has 0 aliphatic heterocycles. The smallest absolute Gasteiger partial charge is 0.480 e. The van der Waals surface area contributed by atoms with E-state index < -0.39 is 54.1 Å². The van der Waals surface area contributed by atoms with Crippen molar-refractivity contribution in [3.05, 3.63) is 0 Å². The number of alkyl halides is 3. The van der Waals surface area contributed by atoms with E-state index in [9.17, 15) is 42.6 Å². The fourth-order valence-corrected chi connectivity index (χ4v) is 7.36. The largest absolute Gasteiger partial charge is 0.490 e. The van der Waals surface area contributed by atoms with Crippen LogP contribution in [-0.4, -0.2) is 92.5 Å². The molecule has 0 aliphatic carbocycles. The van der Waals surface area contributed by atoms with Gasteiger partial charge in [-0.2, -0.15) is 13.2 Å². The fourth-order valence-electron chi connectivity index (χ4n) is 7.36. The quantitative estimate of drug-likeness (QED) is 0.0318. The molecule has 15 heteroatoms. The maximum Gasteiger partial charge on any atom is 0.490 e. The fraction of sp³-hybridized carbons (Fsp3) is 0.891. The van der Waals surface area contributed by atoms with E-state index >= 15 is 0 Å². The van der Waals surface area contributed by atoms with Gasteiger partial charge in [0.1, 0.15) is 18.1 Å². The van der Waals surface area contributed by atoms with Gasteiger partial charge in [-0.25, -0.2) is 9.59 Å². The second kappa shape index (κ2) is 41.1. The van der Waals surface area contributed by atoms with E-state index in [-0.39, 0.29) is 32.1 Å². The Labute approximate surface area is 365 Å². The maximum absolute atomic E-state index is 12.8. The van der Waals surface area contributed by atoms with Crippen LogP contribution in [0.2, 0.25) is 0 Å². The van der Waals surface area contributed by atoms with Crippen molar-refractivity contribution in [1.29, 1.82) is 0 Å². The Bertz CT molecular complexity index is 1080. The number of carboxylic acids is 4. The molecule has 360 valence electrons. The summed E-state index contributed by atoms with van der Waals surface area (Å²) in [5.41, 5.74) is 5.52. The second-order valence-corrected chi connectivity index (χ2v) is 16.8. The van der Waals surface area contributed by atoms with Crippen LogP contribution in [0.15, 0.2) is 0 Å². The Morgan fingerprint density at radius 1 is 0.492 bits per heavy atom. The van der Waals surface area contributed by atoms with Crippen molar-refractivity contribution < 1.29 is 57.6 Å². The minimum atomic E-state index is -5.08. The number of carboxylic acid groups (broad SMARTS) is 4. The number of nitrogens with two attached hydrogens (primary N) is 1. The van der Waals surface area contributed by atoms with Gasteiger partial charge in [0.2, 0.25) is 5.91 Å². The van der Waals surface area contributed by atoms with Crippen LogP contribution >= 0.6 is 0 Å². The van der Waals surface area contributed by atoms with Crippen LogP contribution in [0, 0.1) is 0 Å². The molecule has 0 aromatic carbocycles. The molecule has 0 radical (unpaired) electrons. The molecule has 0 heterocycles. The zero-order chi connectivity index (χ0) is 46.2. The molecule has 0 bridgehead atoms.